The number of H-pyrrole nitrogens is 2. The summed E-state index contributed by atoms with van der Waals surface area (Å²) < 4.78 is 32.9. The molecule has 1 atom stereocenters. The van der Waals surface area contributed by atoms with Gasteiger partial charge in [0.1, 0.15) is 24.0 Å². The number of nitrogens with zero attached hydrogens (tertiary/aromatic N) is 1. The SMILES string of the molecule is Cc1ccc(S(=O)(=O)N2CCC(CNCC(O)COc3cccc4[nH]c(=O)[nH]c34)CC2)cc1.O. The van der Waals surface area contributed by atoms with E-state index in [1.807, 2.05) is 19.1 Å². The van der Waals surface area contributed by atoms with Crippen LogP contribution in [0.5, 0.6) is 5.75 Å². The first-order chi connectivity index (χ1) is 15.8. The fourth-order valence-electron chi connectivity index (χ4n) is 4.06. The number of hydrogen-bond donors (Lipinski definition) is 4. The largest absolute Gasteiger partial charge is 0.489 e. The van der Waals surface area contributed by atoms with Crippen molar-refractivity contribution in [2.75, 3.05) is 32.8 Å². The van der Waals surface area contributed by atoms with Gasteiger partial charge in [-0.15, -0.1) is 0 Å². The Morgan fingerprint density at radius 1 is 1.15 bits per heavy atom. The molecule has 6 N–H and O–H groups in total. The lowest BCUT2D eigenvalue weighted by Gasteiger charge is -2.31. The van der Waals surface area contributed by atoms with E-state index in [4.69, 9.17) is 4.74 Å². The second kappa shape index (κ2) is 11.2. The summed E-state index contributed by atoms with van der Waals surface area (Å²) in [7, 11) is -3.45. The van der Waals surface area contributed by atoms with Gasteiger partial charge in [0.25, 0.3) is 0 Å². The molecule has 10 nitrogen and oxygen atoms in total. The van der Waals surface area contributed by atoms with Crippen molar-refractivity contribution in [1.82, 2.24) is 19.6 Å². The third-order valence-corrected chi connectivity index (χ3v) is 7.90. The summed E-state index contributed by atoms with van der Waals surface area (Å²) in [5.41, 5.74) is 1.96. The number of hydrogen-bond acceptors (Lipinski definition) is 6. The molecule has 0 bridgehead atoms. The molecular formula is C23H32N4O6S. The van der Waals surface area contributed by atoms with E-state index in [1.165, 1.54) is 0 Å². The van der Waals surface area contributed by atoms with Gasteiger partial charge in [-0.25, -0.2) is 13.2 Å². The van der Waals surface area contributed by atoms with Crippen LogP contribution in [0.15, 0.2) is 52.2 Å². The smallest absolute Gasteiger partial charge is 0.323 e. The minimum Gasteiger partial charge on any atom is -0.489 e. The molecule has 0 aliphatic carbocycles. The van der Waals surface area contributed by atoms with Gasteiger partial charge in [-0.2, -0.15) is 4.31 Å². The lowest BCUT2D eigenvalue weighted by atomic mass is 9.98. The summed E-state index contributed by atoms with van der Waals surface area (Å²) in [5.74, 6) is 0.855. The first kappa shape index (κ1) is 25.9. The van der Waals surface area contributed by atoms with Crippen LogP contribution in [-0.2, 0) is 10.0 Å². The normalized spacial score (nSPS) is 16.3. The number of para-hydroxylation sites is 1. The van der Waals surface area contributed by atoms with E-state index in [9.17, 15) is 18.3 Å². The number of aromatic amines is 2. The third-order valence-electron chi connectivity index (χ3n) is 5.99. The van der Waals surface area contributed by atoms with Crippen molar-refractivity contribution < 1.29 is 23.7 Å². The zero-order chi connectivity index (χ0) is 23.4. The summed E-state index contributed by atoms with van der Waals surface area (Å²) in [6, 6.07) is 12.2. The number of aromatic nitrogens is 2. The van der Waals surface area contributed by atoms with Crippen molar-refractivity contribution in [2.24, 2.45) is 5.92 Å². The van der Waals surface area contributed by atoms with Crippen LogP contribution in [0.2, 0.25) is 0 Å². The number of aryl methyl sites for hydroxylation is 1. The molecule has 1 saturated heterocycles. The predicted octanol–water partition coefficient (Wildman–Crippen LogP) is 0.770. The zero-order valence-electron chi connectivity index (χ0n) is 19.1. The van der Waals surface area contributed by atoms with E-state index in [-0.39, 0.29) is 17.8 Å². The molecule has 34 heavy (non-hydrogen) atoms. The maximum absolute atomic E-state index is 12.8. The first-order valence-corrected chi connectivity index (χ1v) is 12.6. The lowest BCUT2D eigenvalue weighted by Crippen LogP contribution is -2.42. The van der Waals surface area contributed by atoms with Gasteiger partial charge >= 0.3 is 5.69 Å². The molecule has 1 unspecified atom stereocenters. The number of ether oxygens (including phenoxy) is 1. The molecule has 1 aliphatic rings. The molecule has 0 radical (unpaired) electrons. The second-order valence-electron chi connectivity index (χ2n) is 8.54. The van der Waals surface area contributed by atoms with Crippen LogP contribution in [0.1, 0.15) is 18.4 Å². The number of sulfonamides is 1. The highest BCUT2D eigenvalue weighted by Gasteiger charge is 2.29. The van der Waals surface area contributed by atoms with E-state index >= 15 is 0 Å². The van der Waals surface area contributed by atoms with Crippen molar-refractivity contribution in [3.8, 4) is 5.75 Å². The molecule has 0 saturated carbocycles. The van der Waals surface area contributed by atoms with Crippen LogP contribution in [0.4, 0.5) is 0 Å². The second-order valence-corrected chi connectivity index (χ2v) is 10.5. The fourth-order valence-corrected chi connectivity index (χ4v) is 5.53. The molecule has 2 heterocycles. The molecule has 11 heteroatoms. The van der Waals surface area contributed by atoms with Crippen molar-refractivity contribution in [3.05, 3.63) is 58.5 Å². The topological polar surface area (TPSA) is 159 Å². The van der Waals surface area contributed by atoms with Crippen LogP contribution in [0, 0.1) is 12.8 Å². The van der Waals surface area contributed by atoms with Gasteiger partial charge in [-0.3, -0.25) is 0 Å². The number of nitrogens with one attached hydrogen (secondary N) is 3. The number of imidazole rings is 1. The quantitative estimate of drug-likeness (QED) is 0.345. The molecule has 1 fully saturated rings. The maximum Gasteiger partial charge on any atom is 0.323 e. The van der Waals surface area contributed by atoms with Gasteiger partial charge in [-0.1, -0.05) is 23.8 Å². The fraction of sp³-hybridized carbons (Fsp3) is 0.435. The zero-order valence-corrected chi connectivity index (χ0v) is 19.9. The Balaban J connectivity index is 0.00000324. The van der Waals surface area contributed by atoms with E-state index < -0.39 is 16.1 Å². The molecule has 0 spiro atoms. The van der Waals surface area contributed by atoms with Gasteiger partial charge in [0, 0.05) is 19.6 Å². The number of fused-ring (bicyclic) bond motifs is 1. The summed E-state index contributed by atoms with van der Waals surface area (Å²) in [4.78, 5) is 17.2. The van der Waals surface area contributed by atoms with Gasteiger partial charge in [0.15, 0.2) is 0 Å². The van der Waals surface area contributed by atoms with Gasteiger partial charge in [0.2, 0.25) is 10.0 Å². The molecule has 3 aromatic rings. The molecule has 2 aromatic carbocycles. The molecular weight excluding hydrogens is 460 g/mol. The summed E-state index contributed by atoms with van der Waals surface area (Å²) in [6.45, 7) is 4.08. The Labute approximate surface area is 198 Å². The number of benzene rings is 2. The van der Waals surface area contributed by atoms with Crippen molar-refractivity contribution >= 4 is 21.1 Å². The first-order valence-electron chi connectivity index (χ1n) is 11.1. The molecule has 186 valence electrons. The molecule has 4 rings (SSSR count). The van der Waals surface area contributed by atoms with Crippen LogP contribution >= 0.6 is 0 Å². The summed E-state index contributed by atoms with van der Waals surface area (Å²) in [5, 5.41) is 13.5. The van der Waals surface area contributed by atoms with Crippen LogP contribution in [-0.4, -0.2) is 72.2 Å². The van der Waals surface area contributed by atoms with Crippen molar-refractivity contribution in [3.63, 3.8) is 0 Å². The standard InChI is InChI=1S/C23H30N4O5S.H2O/c1-16-5-7-19(8-6-16)33(30,31)27-11-9-17(10-12-27)13-24-14-18(28)15-32-21-4-2-3-20-22(21)26-23(29)25-20;/h2-8,17-18,24,28H,9-15H2,1H3,(H2,25,26,29);1H2. The monoisotopic (exact) mass is 492 g/mol. The Bertz CT molecular complexity index is 1230. The lowest BCUT2D eigenvalue weighted by molar-refractivity contribution is 0.105. The Kier molecular flexibility index (Phi) is 8.50. The van der Waals surface area contributed by atoms with E-state index in [0.717, 1.165) is 18.4 Å². The Morgan fingerprint density at radius 2 is 1.85 bits per heavy atom. The van der Waals surface area contributed by atoms with Crippen molar-refractivity contribution in [2.45, 2.75) is 30.8 Å². The number of aliphatic hydroxyl groups is 1. The predicted molar refractivity (Wildman–Crippen MR) is 130 cm³/mol. The molecule has 1 aromatic heterocycles. The number of piperidine rings is 1. The summed E-state index contributed by atoms with van der Waals surface area (Å²) >= 11 is 0. The highest BCUT2D eigenvalue weighted by atomic mass is 32.2. The average Bonchev–Trinajstić information content (AvgIpc) is 3.19. The van der Waals surface area contributed by atoms with Gasteiger partial charge in [-0.05, 0) is 56.5 Å². The van der Waals surface area contributed by atoms with Gasteiger partial charge < -0.3 is 30.6 Å². The van der Waals surface area contributed by atoms with E-state index in [1.54, 1.807) is 34.6 Å². The van der Waals surface area contributed by atoms with Gasteiger partial charge in [0.05, 0.1) is 10.4 Å². The summed E-state index contributed by atoms with van der Waals surface area (Å²) in [6.07, 6.45) is 0.828. The van der Waals surface area contributed by atoms with E-state index in [0.29, 0.717) is 53.8 Å². The van der Waals surface area contributed by atoms with Crippen LogP contribution in [0.3, 0.4) is 0 Å². The molecule has 1 aliphatic heterocycles. The van der Waals surface area contributed by atoms with Crippen LogP contribution in [0.25, 0.3) is 11.0 Å². The third kappa shape index (κ3) is 6.05. The average molecular weight is 493 g/mol. The number of rotatable bonds is 9. The maximum atomic E-state index is 12.8. The number of aliphatic hydroxyl groups excluding tert-OH is 1. The molecule has 0 amide bonds. The minimum absolute atomic E-state index is 0. The van der Waals surface area contributed by atoms with E-state index in [2.05, 4.69) is 15.3 Å². The highest BCUT2D eigenvalue weighted by Crippen LogP contribution is 2.24. The van der Waals surface area contributed by atoms with Crippen molar-refractivity contribution in [1.29, 1.82) is 0 Å². The highest BCUT2D eigenvalue weighted by molar-refractivity contribution is 7.89. The Hall–Kier alpha value is -2.70. The Morgan fingerprint density at radius 3 is 2.56 bits per heavy atom. The minimum atomic E-state index is -3.45. The van der Waals surface area contributed by atoms with Crippen LogP contribution < -0.4 is 15.7 Å².